The van der Waals surface area contributed by atoms with Crippen molar-refractivity contribution in [2.45, 2.75) is 38.5 Å². The number of nitrogens with one attached hydrogen (secondary N) is 1. The number of aliphatic hydroxyl groups is 1. The van der Waals surface area contributed by atoms with E-state index in [1.807, 2.05) is 6.92 Å². The zero-order valence-corrected chi connectivity index (χ0v) is 14.2. The third-order valence-corrected chi connectivity index (χ3v) is 4.08. The molecule has 1 heterocycles. The highest BCUT2D eigenvalue weighted by atomic mass is 16.5. The van der Waals surface area contributed by atoms with E-state index in [-0.39, 0.29) is 0 Å². The number of fused-ring (bicyclic) bond motifs is 1. The first-order valence-electron chi connectivity index (χ1n) is 7.70. The van der Waals surface area contributed by atoms with Crippen molar-refractivity contribution in [3.05, 3.63) is 29.3 Å². The second-order valence-corrected chi connectivity index (χ2v) is 6.14. The van der Waals surface area contributed by atoms with Crippen LogP contribution in [0.4, 0.5) is 0 Å². The minimum Gasteiger partial charge on any atom is -0.485 e. The maximum atomic E-state index is 10.8. The maximum absolute atomic E-state index is 10.8. The topological polar surface area (TPSA) is 105 Å². The fraction of sp³-hybridized carbons (Fsp3) is 0.471. The van der Waals surface area contributed by atoms with Crippen molar-refractivity contribution in [2.75, 3.05) is 13.6 Å². The number of hydrogen-bond acceptors (Lipinski definition) is 5. The van der Waals surface area contributed by atoms with Gasteiger partial charge in [-0.15, -0.1) is 4.99 Å². The molecule has 0 saturated heterocycles. The molecule has 1 aliphatic rings. The molecule has 7 nitrogen and oxygen atoms in total. The van der Waals surface area contributed by atoms with Gasteiger partial charge in [0.15, 0.2) is 0 Å². The van der Waals surface area contributed by atoms with Crippen LogP contribution in [0.5, 0.6) is 5.75 Å². The van der Waals surface area contributed by atoms with E-state index in [2.05, 4.69) is 16.4 Å². The summed E-state index contributed by atoms with van der Waals surface area (Å²) >= 11 is 0. The van der Waals surface area contributed by atoms with Gasteiger partial charge in [-0.25, -0.2) is 0 Å². The van der Waals surface area contributed by atoms with Crippen LogP contribution in [0.1, 0.15) is 37.9 Å². The normalized spacial score (nSPS) is 21.7. The molecule has 2 atom stereocenters. The summed E-state index contributed by atoms with van der Waals surface area (Å²) in [7, 11) is 1.75. The summed E-state index contributed by atoms with van der Waals surface area (Å²) in [5.74, 6) is 0.962. The molecule has 0 saturated carbocycles. The van der Waals surface area contributed by atoms with Crippen molar-refractivity contribution in [2.24, 2.45) is 4.99 Å². The summed E-state index contributed by atoms with van der Waals surface area (Å²) in [6.07, 6.45) is 0.890. The van der Waals surface area contributed by atoms with E-state index in [1.165, 1.54) is 0 Å². The van der Waals surface area contributed by atoms with Crippen LogP contribution in [-0.2, 0) is 0 Å². The third-order valence-electron chi connectivity index (χ3n) is 4.08. The fourth-order valence-electron chi connectivity index (χ4n) is 2.84. The van der Waals surface area contributed by atoms with Gasteiger partial charge < -0.3 is 20.1 Å². The number of nitriles is 2. The van der Waals surface area contributed by atoms with Gasteiger partial charge in [0.1, 0.15) is 17.5 Å². The van der Waals surface area contributed by atoms with E-state index in [4.69, 9.17) is 15.3 Å². The average molecular weight is 327 g/mol. The Labute approximate surface area is 141 Å². The Morgan fingerprint density at radius 3 is 2.75 bits per heavy atom. The van der Waals surface area contributed by atoms with Crippen molar-refractivity contribution >= 4 is 5.96 Å². The number of ether oxygens (including phenoxy) is 1. The second kappa shape index (κ2) is 6.77. The van der Waals surface area contributed by atoms with E-state index >= 15 is 0 Å². The standard InChI is InChI=1S/C17H21N5O2/c1-5-20-16(21-10-19)22(4)14-12-8-11(9-18)6-7-13(12)24-17(2,3)15(14)23/h6-8,14-15,23H,5H2,1-4H3,(H,20,21)/t14-,15+/m0/s1. The predicted octanol–water partition coefficient (Wildman–Crippen LogP) is 1.51. The van der Waals surface area contributed by atoms with Crippen molar-refractivity contribution in [1.82, 2.24) is 10.2 Å². The largest absolute Gasteiger partial charge is 0.485 e. The highest BCUT2D eigenvalue weighted by Gasteiger charge is 2.45. The van der Waals surface area contributed by atoms with Gasteiger partial charge in [0.05, 0.1) is 17.7 Å². The summed E-state index contributed by atoms with van der Waals surface area (Å²) < 4.78 is 5.90. The van der Waals surface area contributed by atoms with Gasteiger partial charge in [0.25, 0.3) is 0 Å². The Kier molecular flexibility index (Phi) is 4.96. The quantitative estimate of drug-likeness (QED) is 0.485. The summed E-state index contributed by atoms with van der Waals surface area (Å²) in [6.45, 7) is 6.08. The van der Waals surface area contributed by atoms with E-state index in [0.717, 1.165) is 0 Å². The molecule has 0 spiro atoms. The molecule has 1 aromatic carbocycles. The molecule has 126 valence electrons. The molecule has 0 aromatic heterocycles. The Bertz CT molecular complexity index is 729. The number of nitrogens with zero attached hydrogens (tertiary/aromatic N) is 4. The van der Waals surface area contributed by atoms with Gasteiger partial charge in [-0.05, 0) is 39.0 Å². The molecular weight excluding hydrogens is 306 g/mol. The van der Waals surface area contributed by atoms with Crippen molar-refractivity contribution in [3.8, 4) is 18.0 Å². The minimum absolute atomic E-state index is 0.357. The van der Waals surface area contributed by atoms with Crippen LogP contribution >= 0.6 is 0 Å². The number of aliphatic hydroxyl groups excluding tert-OH is 1. The Hall–Kier alpha value is -2.77. The zero-order chi connectivity index (χ0) is 17.9. The first-order valence-corrected chi connectivity index (χ1v) is 7.70. The first-order chi connectivity index (χ1) is 11.4. The van der Waals surface area contributed by atoms with Crippen LogP contribution < -0.4 is 10.1 Å². The molecule has 0 radical (unpaired) electrons. The smallest absolute Gasteiger partial charge is 0.210 e. The van der Waals surface area contributed by atoms with Gasteiger partial charge in [0.2, 0.25) is 12.2 Å². The maximum Gasteiger partial charge on any atom is 0.210 e. The van der Waals surface area contributed by atoms with E-state index in [1.54, 1.807) is 50.2 Å². The fourth-order valence-corrected chi connectivity index (χ4v) is 2.84. The molecule has 0 aliphatic carbocycles. The van der Waals surface area contributed by atoms with Gasteiger partial charge in [-0.1, -0.05) is 0 Å². The molecule has 1 aromatic rings. The first kappa shape index (κ1) is 17.6. The Morgan fingerprint density at radius 1 is 1.46 bits per heavy atom. The Balaban J connectivity index is 2.57. The molecular formula is C17H21N5O2. The number of likely N-dealkylation sites (N-methyl/N-ethyl adjacent to an activating group) is 1. The number of aliphatic imine (C=N–C) groups is 1. The molecule has 1 aliphatic heterocycles. The van der Waals surface area contributed by atoms with Crippen molar-refractivity contribution in [1.29, 1.82) is 10.5 Å². The molecule has 7 heteroatoms. The van der Waals surface area contributed by atoms with Crippen LogP contribution in [0.25, 0.3) is 0 Å². The van der Waals surface area contributed by atoms with Crippen molar-refractivity contribution in [3.63, 3.8) is 0 Å². The van der Waals surface area contributed by atoms with Crippen LogP contribution in [0.2, 0.25) is 0 Å². The van der Waals surface area contributed by atoms with Gasteiger partial charge >= 0.3 is 0 Å². The highest BCUT2D eigenvalue weighted by Crippen LogP contribution is 2.42. The second-order valence-electron chi connectivity index (χ2n) is 6.14. The molecule has 0 bridgehead atoms. The summed E-state index contributed by atoms with van der Waals surface area (Å²) in [5.41, 5.74) is 0.334. The third kappa shape index (κ3) is 3.12. The lowest BCUT2D eigenvalue weighted by molar-refractivity contribution is -0.0788. The number of guanidine groups is 1. The molecule has 0 unspecified atom stereocenters. The van der Waals surface area contributed by atoms with Crippen LogP contribution in [0.3, 0.4) is 0 Å². The lowest BCUT2D eigenvalue weighted by Gasteiger charge is -2.45. The lowest BCUT2D eigenvalue weighted by atomic mass is 9.85. The molecule has 0 amide bonds. The predicted molar refractivity (Wildman–Crippen MR) is 89.1 cm³/mol. The summed E-state index contributed by atoms with van der Waals surface area (Å²) in [4.78, 5) is 5.52. The molecule has 24 heavy (non-hydrogen) atoms. The van der Waals surface area contributed by atoms with Gasteiger partial charge in [-0.2, -0.15) is 10.5 Å². The van der Waals surface area contributed by atoms with Crippen LogP contribution in [-0.4, -0.2) is 41.3 Å². The number of rotatable bonds is 2. The van der Waals surface area contributed by atoms with Crippen LogP contribution in [0, 0.1) is 22.8 Å². The molecule has 0 fully saturated rings. The van der Waals surface area contributed by atoms with Gasteiger partial charge in [0, 0.05) is 19.2 Å². The zero-order valence-electron chi connectivity index (χ0n) is 14.2. The summed E-state index contributed by atoms with van der Waals surface area (Å²) in [5, 5.41) is 32.0. The Morgan fingerprint density at radius 2 is 2.17 bits per heavy atom. The van der Waals surface area contributed by atoms with Crippen LogP contribution in [0.15, 0.2) is 23.2 Å². The average Bonchev–Trinajstić information content (AvgIpc) is 2.55. The van der Waals surface area contributed by atoms with E-state index < -0.39 is 17.7 Å². The molecule has 2 N–H and O–H groups in total. The summed E-state index contributed by atoms with van der Waals surface area (Å²) in [6, 6.07) is 6.70. The van der Waals surface area contributed by atoms with Crippen molar-refractivity contribution < 1.29 is 9.84 Å². The van der Waals surface area contributed by atoms with E-state index in [9.17, 15) is 5.11 Å². The van der Waals surface area contributed by atoms with E-state index in [0.29, 0.717) is 29.4 Å². The number of hydrogen-bond donors (Lipinski definition) is 2. The SMILES string of the molecule is CCNC(=NC#N)N(C)[C@H]1c2cc(C#N)ccc2OC(C)(C)[C@@H]1O. The van der Waals surface area contributed by atoms with Gasteiger partial charge in [-0.3, -0.25) is 0 Å². The highest BCUT2D eigenvalue weighted by molar-refractivity contribution is 5.81. The monoisotopic (exact) mass is 327 g/mol. The number of benzene rings is 1. The lowest BCUT2D eigenvalue weighted by Crippen LogP contribution is -2.55. The minimum atomic E-state index is -0.883. The molecule has 2 rings (SSSR count).